The van der Waals surface area contributed by atoms with Crippen molar-refractivity contribution >= 4 is 18.5 Å². The summed E-state index contributed by atoms with van der Waals surface area (Å²) in [6, 6.07) is 0. The van der Waals surface area contributed by atoms with Crippen molar-refractivity contribution in [2.24, 2.45) is 0 Å². The number of amides is 1. The monoisotopic (exact) mass is 160 g/mol. The standard InChI is InChI=1S/C7H14NOS/c1-3-8(4-2)7(9)5-6-10/h3-6H2,1-2H3. The van der Waals surface area contributed by atoms with Crippen LogP contribution in [0.3, 0.4) is 0 Å². The summed E-state index contributed by atoms with van der Waals surface area (Å²) in [6.45, 7) is 5.55. The van der Waals surface area contributed by atoms with Crippen molar-refractivity contribution in [1.29, 1.82) is 0 Å². The maximum absolute atomic E-state index is 11.1. The third kappa shape index (κ3) is 3.11. The molecular weight excluding hydrogens is 146 g/mol. The maximum atomic E-state index is 11.1. The molecule has 2 nitrogen and oxygen atoms in total. The molecule has 0 N–H and O–H groups in total. The Morgan fingerprint density at radius 3 is 2.20 bits per heavy atom. The van der Waals surface area contributed by atoms with Crippen molar-refractivity contribution in [2.45, 2.75) is 20.3 Å². The second kappa shape index (κ2) is 5.59. The van der Waals surface area contributed by atoms with Gasteiger partial charge in [-0.05, 0) is 13.8 Å². The van der Waals surface area contributed by atoms with Crippen LogP contribution in [0.1, 0.15) is 20.3 Å². The lowest BCUT2D eigenvalue weighted by molar-refractivity contribution is -0.130. The van der Waals surface area contributed by atoms with Crippen LogP contribution in [-0.4, -0.2) is 29.6 Å². The van der Waals surface area contributed by atoms with Gasteiger partial charge in [0.2, 0.25) is 5.91 Å². The summed E-state index contributed by atoms with van der Waals surface area (Å²) in [6.07, 6.45) is 0.511. The van der Waals surface area contributed by atoms with Crippen LogP contribution in [0, 0.1) is 0 Å². The number of carbonyl (C=O) groups is 1. The molecule has 0 saturated heterocycles. The Morgan fingerprint density at radius 2 is 1.90 bits per heavy atom. The predicted molar refractivity (Wildman–Crippen MR) is 45.0 cm³/mol. The molecule has 0 unspecified atom stereocenters. The molecule has 1 radical (unpaired) electrons. The Balaban J connectivity index is 3.65. The molecule has 0 spiro atoms. The smallest absolute Gasteiger partial charge is 0.223 e. The highest BCUT2D eigenvalue weighted by Gasteiger charge is 2.06. The summed E-state index contributed by atoms with van der Waals surface area (Å²) >= 11 is 4.70. The SMILES string of the molecule is CCN(CC)C(=O)CC[S]. The zero-order chi connectivity index (χ0) is 7.98. The molecule has 0 aliphatic rings. The molecule has 0 heterocycles. The van der Waals surface area contributed by atoms with Gasteiger partial charge < -0.3 is 4.90 Å². The molecule has 0 bridgehead atoms. The first-order valence-corrected chi connectivity index (χ1v) is 4.19. The summed E-state index contributed by atoms with van der Waals surface area (Å²) < 4.78 is 0. The first-order valence-electron chi connectivity index (χ1n) is 3.62. The van der Waals surface area contributed by atoms with E-state index in [2.05, 4.69) is 0 Å². The maximum Gasteiger partial charge on any atom is 0.223 e. The largest absolute Gasteiger partial charge is 0.343 e. The first kappa shape index (κ1) is 9.82. The fourth-order valence-corrected chi connectivity index (χ4v) is 0.996. The third-order valence-electron chi connectivity index (χ3n) is 1.43. The van der Waals surface area contributed by atoms with Crippen molar-refractivity contribution in [3.8, 4) is 0 Å². The number of carbonyl (C=O) groups excluding carboxylic acids is 1. The summed E-state index contributed by atoms with van der Waals surface area (Å²) in [5, 5.41) is 0. The molecule has 0 saturated carbocycles. The molecule has 0 atom stereocenters. The van der Waals surface area contributed by atoms with E-state index in [1.54, 1.807) is 4.90 Å². The van der Waals surface area contributed by atoms with Gasteiger partial charge in [0, 0.05) is 25.3 Å². The highest BCUT2D eigenvalue weighted by molar-refractivity contribution is 7.80. The van der Waals surface area contributed by atoms with Crippen LogP contribution in [-0.2, 0) is 4.79 Å². The first-order chi connectivity index (χ1) is 4.76. The highest BCUT2D eigenvalue weighted by Crippen LogP contribution is 1.94. The van der Waals surface area contributed by atoms with Gasteiger partial charge >= 0.3 is 0 Å². The van der Waals surface area contributed by atoms with Crippen molar-refractivity contribution < 1.29 is 4.79 Å². The Morgan fingerprint density at radius 1 is 1.40 bits per heavy atom. The normalized spacial score (nSPS) is 9.50. The van der Waals surface area contributed by atoms with E-state index in [1.807, 2.05) is 13.8 Å². The Kier molecular flexibility index (Phi) is 5.49. The average Bonchev–Trinajstić information content (AvgIpc) is 1.91. The van der Waals surface area contributed by atoms with Crippen LogP contribution >= 0.6 is 12.6 Å². The fourth-order valence-electron chi connectivity index (χ4n) is 0.822. The number of nitrogens with zero attached hydrogens (tertiary/aromatic N) is 1. The van der Waals surface area contributed by atoms with E-state index in [4.69, 9.17) is 12.6 Å². The number of hydrogen-bond donors (Lipinski definition) is 0. The zero-order valence-electron chi connectivity index (χ0n) is 6.59. The van der Waals surface area contributed by atoms with E-state index in [1.165, 1.54) is 0 Å². The summed E-state index contributed by atoms with van der Waals surface area (Å²) in [4.78, 5) is 12.9. The molecule has 0 aliphatic carbocycles. The minimum atomic E-state index is 0.181. The van der Waals surface area contributed by atoms with E-state index >= 15 is 0 Å². The van der Waals surface area contributed by atoms with Gasteiger partial charge in [-0.3, -0.25) is 4.79 Å². The predicted octanol–water partition coefficient (Wildman–Crippen LogP) is 1.44. The van der Waals surface area contributed by atoms with E-state index < -0.39 is 0 Å². The van der Waals surface area contributed by atoms with Crippen LogP contribution in [0.5, 0.6) is 0 Å². The van der Waals surface area contributed by atoms with Gasteiger partial charge in [-0.15, -0.1) is 0 Å². The lowest BCUT2D eigenvalue weighted by Crippen LogP contribution is -2.30. The van der Waals surface area contributed by atoms with Gasteiger partial charge in [0.05, 0.1) is 0 Å². The van der Waals surface area contributed by atoms with Crippen LogP contribution in [0.25, 0.3) is 0 Å². The van der Waals surface area contributed by atoms with Gasteiger partial charge in [-0.25, -0.2) is 0 Å². The van der Waals surface area contributed by atoms with Gasteiger partial charge in [0.1, 0.15) is 0 Å². The van der Waals surface area contributed by atoms with Crippen LogP contribution < -0.4 is 0 Å². The van der Waals surface area contributed by atoms with E-state index in [-0.39, 0.29) is 5.91 Å². The van der Waals surface area contributed by atoms with Crippen LogP contribution in [0.2, 0.25) is 0 Å². The highest BCUT2D eigenvalue weighted by atomic mass is 32.1. The molecule has 0 fully saturated rings. The minimum Gasteiger partial charge on any atom is -0.343 e. The molecular formula is C7H14NOS. The molecule has 0 aliphatic heterocycles. The summed E-state index contributed by atoms with van der Waals surface area (Å²) in [5.74, 6) is 0.718. The fraction of sp³-hybridized carbons (Fsp3) is 0.857. The van der Waals surface area contributed by atoms with Gasteiger partial charge in [0.15, 0.2) is 0 Å². The zero-order valence-corrected chi connectivity index (χ0v) is 7.41. The van der Waals surface area contributed by atoms with Crippen molar-refractivity contribution in [3.05, 3.63) is 0 Å². The number of rotatable bonds is 4. The van der Waals surface area contributed by atoms with Crippen LogP contribution in [0.15, 0.2) is 0 Å². The van der Waals surface area contributed by atoms with E-state index in [0.717, 1.165) is 13.1 Å². The Bertz CT molecular complexity index is 102. The third-order valence-corrected chi connectivity index (χ3v) is 1.64. The molecule has 0 aromatic heterocycles. The second-order valence-electron chi connectivity index (χ2n) is 2.02. The molecule has 10 heavy (non-hydrogen) atoms. The van der Waals surface area contributed by atoms with Crippen molar-refractivity contribution in [3.63, 3.8) is 0 Å². The quantitative estimate of drug-likeness (QED) is 0.609. The molecule has 1 amide bonds. The van der Waals surface area contributed by atoms with E-state index in [9.17, 15) is 4.79 Å². The van der Waals surface area contributed by atoms with Gasteiger partial charge in [-0.2, -0.15) is 0 Å². The van der Waals surface area contributed by atoms with Crippen molar-refractivity contribution in [1.82, 2.24) is 4.90 Å². The average molecular weight is 160 g/mol. The van der Waals surface area contributed by atoms with Gasteiger partial charge in [0.25, 0.3) is 0 Å². The topological polar surface area (TPSA) is 20.3 Å². The number of hydrogen-bond acceptors (Lipinski definition) is 1. The lowest BCUT2D eigenvalue weighted by Gasteiger charge is -2.17. The summed E-state index contributed by atoms with van der Waals surface area (Å²) in [5.41, 5.74) is 0. The Hall–Kier alpha value is -0.180. The van der Waals surface area contributed by atoms with Crippen molar-refractivity contribution in [2.75, 3.05) is 18.8 Å². The van der Waals surface area contributed by atoms with Gasteiger partial charge in [-0.1, -0.05) is 12.6 Å². The summed E-state index contributed by atoms with van der Waals surface area (Å²) in [7, 11) is 0. The van der Waals surface area contributed by atoms with E-state index in [0.29, 0.717) is 12.2 Å². The second-order valence-corrected chi connectivity index (χ2v) is 2.43. The molecule has 59 valence electrons. The molecule has 3 heteroatoms. The molecule has 0 aromatic rings. The van der Waals surface area contributed by atoms with Crippen LogP contribution in [0.4, 0.5) is 0 Å². The molecule has 0 aromatic carbocycles. The minimum absolute atomic E-state index is 0.181. The Labute approximate surface area is 68.0 Å². The lowest BCUT2D eigenvalue weighted by atomic mass is 10.4. The molecule has 0 rings (SSSR count).